The number of aliphatic carboxylic acids is 9. The minimum absolute atomic E-state index is 0.518. The maximum atomic E-state index is 16.2. The van der Waals surface area contributed by atoms with E-state index >= 15 is 33.6 Å². The number of carbonyl (C=O) groups is 17. The lowest BCUT2D eigenvalue weighted by Gasteiger charge is -2.54. The third-order valence-corrected chi connectivity index (χ3v) is 15.0. The number of benzene rings is 1. The van der Waals surface area contributed by atoms with Gasteiger partial charge >= 0.3 is 53.7 Å². The lowest BCUT2D eigenvalue weighted by Crippen LogP contribution is -2.86. The molecule has 95 heavy (non-hydrogen) atoms. The molecule has 28 N–H and O–H groups in total. The summed E-state index contributed by atoms with van der Waals surface area (Å²) in [5, 5.41) is 95.3. The molecule has 41 nitrogen and oxygen atoms in total. The lowest BCUT2D eigenvalue weighted by atomic mass is 9.43. The Bertz CT molecular complexity index is 3540. The molecule has 0 aliphatic heterocycles. The molecular formula is C54H68N14O27. The number of aromatic amines is 1. The Morgan fingerprint density at radius 2 is 0.768 bits per heavy atom. The van der Waals surface area contributed by atoms with Crippen LogP contribution in [-0.2, 0) is 82.3 Å². The summed E-state index contributed by atoms with van der Waals surface area (Å²) in [6.45, 7) is 0. The second-order valence-corrected chi connectivity index (χ2v) is 21.5. The number of ketones is 7. The van der Waals surface area contributed by atoms with Gasteiger partial charge in [-0.2, -0.15) is 4.98 Å². The number of hydrogen-bond donors (Lipinski definition) is 20. The SMILES string of the molecule is Nc1nc2ncc(C(Nc3ccc(C(=O)N[C@@](C(=O)O)(C(=O)[C@@H](N)CCC(=O)O)C(C(=O)[C@@H](N)CCC(=O)O)(C(=O)[C@@H](N)CCC(=O)O)C(C(=O)O)(C(=O)[C@@H](N)CCC(=O)O)C(=O)[C@@H](N)CCC(=O)O)cc3)(C(=O)[C@@H](N)CCC(=O)O)C(=O)[C@@H](N)CCC(=O)O)nc2c(=O)[nH]1. The van der Waals surface area contributed by atoms with Gasteiger partial charge in [-0.15, -0.1) is 0 Å². The molecule has 0 bridgehead atoms. The number of hydrogen-bond acceptors (Lipinski definition) is 30. The number of carboxylic acids is 9. The Balaban J connectivity index is 2.87. The van der Waals surface area contributed by atoms with E-state index in [0.717, 1.165) is 0 Å². The van der Waals surface area contributed by atoms with Crippen LogP contribution in [0.25, 0.3) is 11.2 Å². The fourth-order valence-corrected chi connectivity index (χ4v) is 10.3. The summed E-state index contributed by atoms with van der Waals surface area (Å²) in [5.41, 5.74) is 24.6. The van der Waals surface area contributed by atoms with Gasteiger partial charge < -0.3 is 102 Å². The van der Waals surface area contributed by atoms with E-state index < -0.39 is 294 Å². The summed E-state index contributed by atoms with van der Waals surface area (Å²) in [7, 11) is 0. The fourth-order valence-electron chi connectivity index (χ4n) is 10.3. The Morgan fingerprint density at radius 3 is 1.09 bits per heavy atom. The molecular weight excluding hydrogens is 1280 g/mol. The quantitative estimate of drug-likeness (QED) is 0.0234. The van der Waals surface area contributed by atoms with Gasteiger partial charge in [0.05, 0.1) is 48.5 Å². The number of carbonyl (C=O) groups excluding carboxylic acids is 8. The van der Waals surface area contributed by atoms with Crippen molar-refractivity contribution in [2.24, 2.45) is 51.0 Å². The van der Waals surface area contributed by atoms with Gasteiger partial charge in [0.15, 0.2) is 57.1 Å². The number of amides is 1. The smallest absolute Gasteiger partial charge is 0.339 e. The summed E-state index contributed by atoms with van der Waals surface area (Å²) in [5.74, 6) is -38.5. The number of anilines is 2. The molecule has 0 aliphatic rings. The molecule has 0 saturated carbocycles. The van der Waals surface area contributed by atoms with E-state index in [4.69, 9.17) is 45.9 Å². The average Bonchev–Trinajstić information content (AvgIpc) is 0.668. The third-order valence-electron chi connectivity index (χ3n) is 15.0. The van der Waals surface area contributed by atoms with Crippen molar-refractivity contribution in [1.29, 1.82) is 0 Å². The summed E-state index contributed by atoms with van der Waals surface area (Å²) >= 11 is 0. The second kappa shape index (κ2) is 32.6. The van der Waals surface area contributed by atoms with Crippen LogP contribution < -0.4 is 62.1 Å². The van der Waals surface area contributed by atoms with Crippen LogP contribution in [-0.4, -0.2) is 214 Å². The first-order valence-electron chi connectivity index (χ1n) is 27.9. The first kappa shape index (κ1) is 78.4. The number of nitrogen functional groups attached to an aromatic ring is 1. The molecule has 0 spiro atoms. The van der Waals surface area contributed by atoms with E-state index in [-0.39, 0.29) is 0 Å². The first-order chi connectivity index (χ1) is 44.1. The highest BCUT2D eigenvalue weighted by atomic mass is 16.4. The summed E-state index contributed by atoms with van der Waals surface area (Å²) < 4.78 is 0. The number of nitrogens with one attached hydrogen (secondary N) is 3. The molecule has 3 aromatic rings. The Kier molecular flexibility index (Phi) is 26.9. The van der Waals surface area contributed by atoms with Crippen LogP contribution >= 0.6 is 0 Å². The topological polar surface area (TPSA) is 776 Å². The van der Waals surface area contributed by atoms with E-state index in [1.54, 1.807) is 0 Å². The van der Waals surface area contributed by atoms with Crippen molar-refractivity contribution in [3.8, 4) is 0 Å². The van der Waals surface area contributed by atoms with Gasteiger partial charge in [-0.25, -0.2) is 14.8 Å². The molecule has 516 valence electrons. The minimum atomic E-state index is -5.44. The molecule has 41 heteroatoms. The maximum Gasteiger partial charge on any atom is 0.339 e. The van der Waals surface area contributed by atoms with Crippen molar-refractivity contribution in [2.45, 2.75) is 143 Å². The maximum absolute atomic E-state index is 16.2. The van der Waals surface area contributed by atoms with Gasteiger partial charge in [0.25, 0.3) is 11.5 Å². The number of Topliss-reactive ketones (excluding diaryl/α,β-unsaturated/α-hetero) is 7. The number of rotatable bonds is 44. The van der Waals surface area contributed by atoms with Gasteiger partial charge in [0.1, 0.15) is 5.69 Å². The van der Waals surface area contributed by atoms with E-state index in [2.05, 4.69) is 25.3 Å². The number of carboxylic acid groups (broad SMARTS) is 9. The molecule has 2 heterocycles. The van der Waals surface area contributed by atoms with Crippen molar-refractivity contribution >= 4 is 123 Å². The summed E-state index contributed by atoms with van der Waals surface area (Å²) in [4.78, 5) is 266. The molecule has 0 radical (unpaired) electrons. The zero-order valence-electron chi connectivity index (χ0n) is 49.7. The number of aromatic nitrogens is 4. The predicted molar refractivity (Wildman–Crippen MR) is 313 cm³/mol. The van der Waals surface area contributed by atoms with E-state index in [0.29, 0.717) is 30.5 Å². The molecule has 0 saturated heterocycles. The monoisotopic (exact) mass is 1340 g/mol. The van der Waals surface area contributed by atoms with Crippen LogP contribution in [0.5, 0.6) is 0 Å². The van der Waals surface area contributed by atoms with Gasteiger partial charge in [-0.05, 0) is 69.2 Å². The van der Waals surface area contributed by atoms with Crippen molar-refractivity contribution in [2.75, 3.05) is 11.1 Å². The number of nitrogens with zero attached hydrogens (tertiary/aromatic N) is 3. The highest BCUT2D eigenvalue weighted by molar-refractivity contribution is 6.38. The Morgan fingerprint density at radius 1 is 0.442 bits per heavy atom. The molecule has 8 atom stereocenters. The molecule has 2 aromatic heterocycles. The molecule has 0 unspecified atom stereocenters. The summed E-state index contributed by atoms with van der Waals surface area (Å²) in [6.07, 6.45) is -16.6. The van der Waals surface area contributed by atoms with Gasteiger partial charge in [-0.3, -0.25) is 86.5 Å². The summed E-state index contributed by atoms with van der Waals surface area (Å²) in [6, 6.07) is -16.7. The van der Waals surface area contributed by atoms with Crippen molar-refractivity contribution in [3.05, 3.63) is 52.1 Å². The van der Waals surface area contributed by atoms with Gasteiger partial charge in [-0.1, -0.05) is 0 Å². The van der Waals surface area contributed by atoms with E-state index in [1.807, 2.05) is 0 Å². The van der Waals surface area contributed by atoms with Gasteiger partial charge in [0.2, 0.25) is 22.4 Å². The van der Waals surface area contributed by atoms with Crippen LogP contribution in [0.4, 0.5) is 11.6 Å². The van der Waals surface area contributed by atoms with Crippen LogP contribution in [0.3, 0.4) is 0 Å². The van der Waals surface area contributed by atoms with Crippen molar-refractivity contribution in [3.63, 3.8) is 0 Å². The predicted octanol–water partition coefficient (Wildman–Crippen LogP) is -6.46. The molecule has 3 rings (SSSR count). The normalized spacial score (nSPS) is 14.6. The highest BCUT2D eigenvalue weighted by Gasteiger charge is 2.85. The molecule has 1 amide bonds. The zero-order valence-corrected chi connectivity index (χ0v) is 49.7. The minimum Gasteiger partial charge on any atom is -0.481 e. The third kappa shape index (κ3) is 17.1. The van der Waals surface area contributed by atoms with Gasteiger partial charge in [0, 0.05) is 56.2 Å². The van der Waals surface area contributed by atoms with Crippen molar-refractivity contribution < 1.29 is 127 Å². The Labute approximate surface area is 531 Å². The van der Waals surface area contributed by atoms with Crippen LogP contribution in [0.1, 0.15) is 106 Å². The lowest BCUT2D eigenvalue weighted by molar-refractivity contribution is -0.192. The van der Waals surface area contributed by atoms with Crippen molar-refractivity contribution in [1.82, 2.24) is 25.3 Å². The van der Waals surface area contributed by atoms with E-state index in [9.17, 15) is 98.7 Å². The van der Waals surface area contributed by atoms with Crippen LogP contribution in [0.2, 0.25) is 0 Å². The standard InChI is InChI=1S/C54H68N14O27/c55-22(5-12-30(69)70)38(83)51(48(92)93,39(84)23(56)6-13-31(71)72)53(42(87)26(59)9-16-34(77)78,43(88)27(60)10-17-35(79)80)54(49(94)95,44(89)28(61)11-18-36(81)82)68-46(90)20-1-3-21(4-2-20)67-52(40(85)24(57)7-14-32(73)74,41(86)25(58)8-15-33(75)76)29-19-63-45-37(64-29)47(91)66-50(62)65-45/h1-4,19,22-28,67H,5-18,55-61H2,(H,68,90)(H,69,70)(H,71,72)(H,73,74)(H,75,76)(H,77,78)(H,79,80)(H,81,82)(H,92,93)(H,94,95)(H3,62,63,65,66,91)/t22-,23-,24-,25-,26-,27-,28-,54+/m0/s1. The van der Waals surface area contributed by atoms with E-state index in [1.165, 1.54) is 5.32 Å². The average molecular weight is 1350 g/mol. The molecule has 0 fully saturated rings. The highest BCUT2D eigenvalue weighted by Crippen LogP contribution is 2.55. The largest absolute Gasteiger partial charge is 0.481 e. The molecule has 1 aromatic carbocycles. The fraction of sp³-hybridized carbons (Fsp3) is 0.463. The van der Waals surface area contributed by atoms with Crippen LogP contribution in [0, 0.1) is 10.8 Å². The Hall–Kier alpha value is -10.8. The number of nitrogens with two attached hydrogens (primary N) is 8. The molecule has 0 aliphatic carbocycles. The first-order valence-corrected chi connectivity index (χ1v) is 27.9. The second-order valence-electron chi connectivity index (χ2n) is 21.5. The zero-order chi connectivity index (χ0) is 72.6. The number of H-pyrrole nitrogens is 1. The number of fused-ring (bicyclic) bond motifs is 1. The van der Waals surface area contributed by atoms with Crippen LogP contribution in [0.15, 0.2) is 35.3 Å².